The molecule has 0 aliphatic heterocycles. The van der Waals surface area contributed by atoms with E-state index >= 15 is 0 Å². The molecule has 0 aromatic heterocycles. The Balaban J connectivity index is 1.97. The Hall–Kier alpha value is -2.20. The lowest BCUT2D eigenvalue weighted by atomic mass is 10.1. The Labute approximate surface area is 130 Å². The van der Waals surface area contributed by atoms with Crippen molar-refractivity contribution in [1.82, 2.24) is 10.7 Å². The Bertz CT molecular complexity index is 672. The molecule has 0 bridgehead atoms. The van der Waals surface area contributed by atoms with E-state index in [0.29, 0.717) is 5.11 Å². The first kappa shape index (κ1) is 13.8. The van der Waals surface area contributed by atoms with Crippen LogP contribution in [0.2, 0.25) is 0 Å². The van der Waals surface area contributed by atoms with Crippen LogP contribution < -0.4 is 10.7 Å². The van der Waals surface area contributed by atoms with Crippen LogP contribution in [0.25, 0.3) is 11.1 Å². The third kappa shape index (κ3) is 2.67. The summed E-state index contributed by atoms with van der Waals surface area (Å²) in [5.41, 5.74) is 8.60. The predicted molar refractivity (Wildman–Crippen MR) is 91.5 cm³/mol. The standard InChI is InChI=1S/C17H17N3S/c1-11(2)18-17(21)20-19-16-14-9-5-3-7-12(14)13-8-4-6-10-15(13)16/h3-11H,1-2H3,(H2,18,20,21). The van der Waals surface area contributed by atoms with Crippen LogP contribution in [-0.2, 0) is 0 Å². The van der Waals surface area contributed by atoms with Gasteiger partial charge in [-0.2, -0.15) is 5.10 Å². The summed E-state index contributed by atoms with van der Waals surface area (Å²) in [6, 6.07) is 16.9. The number of nitrogens with one attached hydrogen (secondary N) is 2. The summed E-state index contributed by atoms with van der Waals surface area (Å²) < 4.78 is 0. The van der Waals surface area contributed by atoms with Gasteiger partial charge in [-0.15, -0.1) is 0 Å². The molecule has 1 aliphatic rings. The van der Waals surface area contributed by atoms with E-state index in [1.165, 1.54) is 11.1 Å². The fourth-order valence-electron chi connectivity index (χ4n) is 2.52. The first-order valence-electron chi connectivity index (χ1n) is 7.00. The summed E-state index contributed by atoms with van der Waals surface area (Å²) in [4.78, 5) is 0. The molecule has 0 radical (unpaired) electrons. The summed E-state index contributed by atoms with van der Waals surface area (Å²) in [5, 5.41) is 8.19. The van der Waals surface area contributed by atoms with Gasteiger partial charge in [0, 0.05) is 17.2 Å². The average Bonchev–Trinajstić information content (AvgIpc) is 2.79. The monoisotopic (exact) mass is 295 g/mol. The van der Waals surface area contributed by atoms with Crippen LogP contribution in [0.4, 0.5) is 0 Å². The molecule has 0 saturated carbocycles. The molecule has 2 aromatic carbocycles. The highest BCUT2D eigenvalue weighted by Gasteiger charge is 2.23. The van der Waals surface area contributed by atoms with Crippen LogP contribution in [0.3, 0.4) is 0 Å². The molecule has 1 aliphatic carbocycles. The number of hydrazone groups is 1. The minimum absolute atomic E-state index is 0.286. The van der Waals surface area contributed by atoms with Gasteiger partial charge in [-0.3, -0.25) is 5.43 Å². The highest BCUT2D eigenvalue weighted by molar-refractivity contribution is 7.80. The SMILES string of the molecule is CC(C)NC(=S)NN=C1c2ccccc2-c2ccccc21. The Kier molecular flexibility index (Phi) is 3.71. The maximum absolute atomic E-state index is 5.23. The highest BCUT2D eigenvalue weighted by Crippen LogP contribution is 2.36. The van der Waals surface area contributed by atoms with E-state index in [4.69, 9.17) is 12.2 Å². The molecule has 0 amide bonds. The van der Waals surface area contributed by atoms with Gasteiger partial charge in [0.2, 0.25) is 0 Å². The zero-order valence-electron chi connectivity index (χ0n) is 12.1. The molecule has 0 unspecified atom stereocenters. The molecule has 2 N–H and O–H groups in total. The molecule has 3 nitrogen and oxygen atoms in total. The van der Waals surface area contributed by atoms with E-state index in [1.54, 1.807) is 0 Å². The maximum atomic E-state index is 5.23. The van der Waals surface area contributed by atoms with Crippen LogP contribution in [0.1, 0.15) is 25.0 Å². The fraction of sp³-hybridized carbons (Fsp3) is 0.176. The predicted octanol–water partition coefficient (Wildman–Crippen LogP) is 3.29. The van der Waals surface area contributed by atoms with E-state index in [0.717, 1.165) is 16.8 Å². The Morgan fingerprint density at radius 3 is 1.86 bits per heavy atom. The van der Waals surface area contributed by atoms with Crippen LogP contribution >= 0.6 is 12.2 Å². The topological polar surface area (TPSA) is 36.4 Å². The second kappa shape index (κ2) is 5.66. The lowest BCUT2D eigenvalue weighted by Gasteiger charge is -2.10. The molecular formula is C17H17N3S. The summed E-state index contributed by atoms with van der Waals surface area (Å²) in [6.07, 6.45) is 0. The molecule has 0 spiro atoms. The number of hydrogen-bond donors (Lipinski definition) is 2. The van der Waals surface area contributed by atoms with Crippen molar-refractivity contribution < 1.29 is 0 Å². The summed E-state index contributed by atoms with van der Waals surface area (Å²) >= 11 is 5.23. The van der Waals surface area contributed by atoms with Crippen molar-refractivity contribution >= 4 is 23.0 Å². The molecule has 0 saturated heterocycles. The van der Waals surface area contributed by atoms with Gasteiger partial charge >= 0.3 is 0 Å². The number of hydrogen-bond acceptors (Lipinski definition) is 2. The molecule has 0 fully saturated rings. The molecule has 21 heavy (non-hydrogen) atoms. The number of benzene rings is 2. The third-order valence-electron chi connectivity index (χ3n) is 3.34. The molecule has 106 valence electrons. The Morgan fingerprint density at radius 2 is 1.38 bits per heavy atom. The van der Waals surface area contributed by atoms with Crippen molar-refractivity contribution in [1.29, 1.82) is 0 Å². The second-order valence-corrected chi connectivity index (χ2v) is 5.70. The largest absolute Gasteiger partial charge is 0.359 e. The van der Waals surface area contributed by atoms with Crippen molar-refractivity contribution in [3.8, 4) is 11.1 Å². The van der Waals surface area contributed by atoms with Crippen molar-refractivity contribution in [2.75, 3.05) is 0 Å². The number of thiocarbonyl (C=S) groups is 1. The number of rotatable bonds is 2. The zero-order valence-corrected chi connectivity index (χ0v) is 12.9. The van der Waals surface area contributed by atoms with Gasteiger partial charge in [0.1, 0.15) is 0 Å². The molecular weight excluding hydrogens is 278 g/mol. The molecule has 4 heteroatoms. The van der Waals surface area contributed by atoms with Crippen molar-refractivity contribution in [2.45, 2.75) is 19.9 Å². The maximum Gasteiger partial charge on any atom is 0.187 e. The summed E-state index contributed by atoms with van der Waals surface area (Å²) in [7, 11) is 0. The van der Waals surface area contributed by atoms with Gasteiger partial charge < -0.3 is 5.32 Å². The summed E-state index contributed by atoms with van der Waals surface area (Å²) in [6.45, 7) is 4.09. The molecule has 0 heterocycles. The molecule has 2 aromatic rings. The van der Waals surface area contributed by atoms with Gasteiger partial charge in [-0.1, -0.05) is 48.5 Å². The van der Waals surface area contributed by atoms with Gasteiger partial charge in [-0.25, -0.2) is 0 Å². The van der Waals surface area contributed by atoms with Gasteiger partial charge in [0.15, 0.2) is 5.11 Å². The number of nitrogens with zero attached hydrogens (tertiary/aromatic N) is 1. The van der Waals surface area contributed by atoms with Crippen LogP contribution in [0.15, 0.2) is 53.6 Å². The first-order valence-corrected chi connectivity index (χ1v) is 7.41. The van der Waals surface area contributed by atoms with Crippen LogP contribution in [0.5, 0.6) is 0 Å². The third-order valence-corrected chi connectivity index (χ3v) is 3.55. The quantitative estimate of drug-likeness (QED) is 0.562. The Morgan fingerprint density at radius 1 is 0.905 bits per heavy atom. The van der Waals surface area contributed by atoms with E-state index < -0.39 is 0 Å². The average molecular weight is 295 g/mol. The normalized spacial score (nSPS) is 11.9. The van der Waals surface area contributed by atoms with Crippen molar-refractivity contribution in [2.24, 2.45) is 5.10 Å². The van der Waals surface area contributed by atoms with E-state index in [9.17, 15) is 0 Å². The van der Waals surface area contributed by atoms with Crippen LogP contribution in [-0.4, -0.2) is 16.9 Å². The minimum atomic E-state index is 0.286. The summed E-state index contributed by atoms with van der Waals surface area (Å²) in [5.74, 6) is 0. The zero-order chi connectivity index (χ0) is 14.8. The number of fused-ring (bicyclic) bond motifs is 3. The smallest absolute Gasteiger partial charge is 0.187 e. The van der Waals surface area contributed by atoms with Crippen LogP contribution in [0, 0.1) is 0 Å². The highest BCUT2D eigenvalue weighted by atomic mass is 32.1. The van der Waals surface area contributed by atoms with Gasteiger partial charge in [-0.05, 0) is 37.2 Å². The van der Waals surface area contributed by atoms with Gasteiger partial charge in [0.05, 0.1) is 5.71 Å². The first-order chi connectivity index (χ1) is 10.2. The lowest BCUT2D eigenvalue weighted by Crippen LogP contribution is -2.37. The van der Waals surface area contributed by atoms with Crippen molar-refractivity contribution in [3.05, 3.63) is 59.7 Å². The fourth-order valence-corrected chi connectivity index (χ4v) is 2.80. The van der Waals surface area contributed by atoms with Gasteiger partial charge in [0.25, 0.3) is 0 Å². The minimum Gasteiger partial charge on any atom is -0.359 e. The lowest BCUT2D eigenvalue weighted by molar-refractivity contribution is 0.719. The van der Waals surface area contributed by atoms with Crippen molar-refractivity contribution in [3.63, 3.8) is 0 Å². The second-order valence-electron chi connectivity index (χ2n) is 5.29. The molecule has 0 atom stereocenters. The van der Waals surface area contributed by atoms with E-state index in [1.807, 2.05) is 26.0 Å². The van der Waals surface area contributed by atoms with E-state index in [2.05, 4.69) is 52.2 Å². The molecule has 3 rings (SSSR count). The van der Waals surface area contributed by atoms with E-state index in [-0.39, 0.29) is 6.04 Å².